The van der Waals surface area contributed by atoms with E-state index in [2.05, 4.69) is 10.5 Å². The molecule has 1 N–H and O–H groups in total. The van der Waals surface area contributed by atoms with Crippen LogP contribution in [0.1, 0.15) is 28.1 Å². The Morgan fingerprint density at radius 2 is 1.96 bits per heavy atom. The van der Waals surface area contributed by atoms with Crippen molar-refractivity contribution in [1.82, 2.24) is 5.16 Å². The SMILES string of the molecule is Cc1oncc1C(=O)Nc1ccc2c(c1)N(S(=O)(=O)c1ccccc1)CCC2. The maximum atomic E-state index is 13.1. The molecule has 8 heteroatoms. The molecule has 0 aliphatic carbocycles. The summed E-state index contributed by atoms with van der Waals surface area (Å²) in [7, 11) is -3.67. The predicted molar refractivity (Wildman–Crippen MR) is 105 cm³/mol. The molecule has 0 radical (unpaired) electrons. The highest BCUT2D eigenvalue weighted by Gasteiger charge is 2.29. The molecule has 7 nitrogen and oxygen atoms in total. The van der Waals surface area contributed by atoms with Crippen LogP contribution in [0.5, 0.6) is 0 Å². The Bertz CT molecular complexity index is 1120. The highest BCUT2D eigenvalue weighted by Crippen LogP contribution is 2.34. The van der Waals surface area contributed by atoms with Crippen molar-refractivity contribution in [3.05, 3.63) is 71.6 Å². The standard InChI is InChI=1S/C20H19N3O4S/c1-14-18(13-21-27-14)20(24)22-16-10-9-15-6-5-11-23(19(15)12-16)28(25,26)17-7-3-2-4-8-17/h2-4,7-10,12-13H,5-6,11H2,1H3,(H,22,24). The fraction of sp³-hybridized carbons (Fsp3) is 0.200. The Kier molecular flexibility index (Phi) is 4.64. The summed E-state index contributed by atoms with van der Waals surface area (Å²) in [5.74, 6) is 0.0655. The largest absolute Gasteiger partial charge is 0.361 e. The molecule has 0 saturated heterocycles. The lowest BCUT2D eigenvalue weighted by Crippen LogP contribution is -2.35. The average Bonchev–Trinajstić information content (AvgIpc) is 3.14. The first kappa shape index (κ1) is 18.2. The molecule has 1 amide bonds. The number of hydrogen-bond donors (Lipinski definition) is 1. The minimum atomic E-state index is -3.67. The van der Waals surface area contributed by atoms with Gasteiger partial charge < -0.3 is 9.84 Å². The third-order valence-corrected chi connectivity index (χ3v) is 6.57. The molecule has 0 unspecified atom stereocenters. The fourth-order valence-corrected chi connectivity index (χ4v) is 4.86. The predicted octanol–water partition coefficient (Wildman–Crippen LogP) is 3.38. The van der Waals surface area contributed by atoms with Crippen LogP contribution in [0.2, 0.25) is 0 Å². The first-order chi connectivity index (χ1) is 13.5. The Labute approximate surface area is 163 Å². The molecule has 2 heterocycles. The van der Waals surface area contributed by atoms with E-state index in [1.165, 1.54) is 10.5 Å². The van der Waals surface area contributed by atoms with Crippen LogP contribution in [0.4, 0.5) is 11.4 Å². The van der Waals surface area contributed by atoms with Crippen LogP contribution in [0.25, 0.3) is 0 Å². The van der Waals surface area contributed by atoms with Crippen molar-refractivity contribution in [3.8, 4) is 0 Å². The lowest BCUT2D eigenvalue weighted by molar-refractivity contribution is 0.102. The lowest BCUT2D eigenvalue weighted by atomic mass is 10.0. The first-order valence-electron chi connectivity index (χ1n) is 8.90. The molecule has 3 aromatic rings. The highest BCUT2D eigenvalue weighted by atomic mass is 32.2. The zero-order valence-electron chi connectivity index (χ0n) is 15.3. The molecular formula is C20H19N3O4S. The number of fused-ring (bicyclic) bond motifs is 1. The van der Waals surface area contributed by atoms with E-state index in [4.69, 9.17) is 4.52 Å². The van der Waals surface area contributed by atoms with E-state index in [0.29, 0.717) is 29.2 Å². The Balaban J connectivity index is 1.68. The van der Waals surface area contributed by atoms with E-state index in [1.54, 1.807) is 49.4 Å². The van der Waals surface area contributed by atoms with Gasteiger partial charge in [-0.05, 0) is 49.6 Å². The summed E-state index contributed by atoms with van der Waals surface area (Å²) >= 11 is 0. The van der Waals surface area contributed by atoms with Gasteiger partial charge in [0.2, 0.25) is 0 Å². The number of amides is 1. The summed E-state index contributed by atoms with van der Waals surface area (Å²) in [5, 5.41) is 6.40. The summed E-state index contributed by atoms with van der Waals surface area (Å²) in [6.07, 6.45) is 2.88. The van der Waals surface area contributed by atoms with Crippen molar-refractivity contribution in [1.29, 1.82) is 0 Å². The number of nitrogens with one attached hydrogen (secondary N) is 1. The topological polar surface area (TPSA) is 92.5 Å². The van der Waals surface area contributed by atoms with Crippen LogP contribution in [0.15, 0.2) is 64.1 Å². The van der Waals surface area contributed by atoms with E-state index in [9.17, 15) is 13.2 Å². The van der Waals surface area contributed by atoms with E-state index >= 15 is 0 Å². The van der Waals surface area contributed by atoms with Gasteiger partial charge in [0.25, 0.3) is 15.9 Å². The van der Waals surface area contributed by atoms with Crippen molar-refractivity contribution >= 4 is 27.3 Å². The number of aryl methyl sites for hydroxylation is 2. The van der Waals surface area contributed by atoms with Crippen LogP contribution in [0.3, 0.4) is 0 Å². The minimum absolute atomic E-state index is 0.248. The van der Waals surface area contributed by atoms with E-state index in [-0.39, 0.29) is 10.8 Å². The first-order valence-corrected chi connectivity index (χ1v) is 10.3. The van der Waals surface area contributed by atoms with Crippen molar-refractivity contribution in [2.24, 2.45) is 0 Å². The number of carbonyl (C=O) groups is 1. The molecule has 4 rings (SSSR count). The zero-order valence-corrected chi connectivity index (χ0v) is 16.1. The lowest BCUT2D eigenvalue weighted by Gasteiger charge is -2.31. The van der Waals surface area contributed by atoms with Gasteiger partial charge in [-0.1, -0.05) is 29.4 Å². The Morgan fingerprint density at radius 3 is 2.68 bits per heavy atom. The second kappa shape index (κ2) is 7.12. The van der Waals surface area contributed by atoms with Gasteiger partial charge in [0.1, 0.15) is 11.3 Å². The molecule has 2 aromatic carbocycles. The maximum Gasteiger partial charge on any atom is 0.264 e. The van der Waals surface area contributed by atoms with Gasteiger partial charge in [-0.3, -0.25) is 9.10 Å². The molecule has 28 heavy (non-hydrogen) atoms. The average molecular weight is 397 g/mol. The number of hydrogen-bond acceptors (Lipinski definition) is 5. The summed E-state index contributed by atoms with van der Waals surface area (Å²) in [5.41, 5.74) is 2.38. The highest BCUT2D eigenvalue weighted by molar-refractivity contribution is 7.92. The Morgan fingerprint density at radius 1 is 1.18 bits per heavy atom. The summed E-state index contributed by atoms with van der Waals surface area (Å²) in [6.45, 7) is 2.05. The summed E-state index contributed by atoms with van der Waals surface area (Å²) in [6, 6.07) is 13.7. The number of anilines is 2. The van der Waals surface area contributed by atoms with Crippen LogP contribution < -0.4 is 9.62 Å². The number of sulfonamides is 1. The summed E-state index contributed by atoms with van der Waals surface area (Å²) in [4.78, 5) is 12.7. The van der Waals surface area contributed by atoms with Crippen molar-refractivity contribution < 1.29 is 17.7 Å². The third-order valence-electron chi connectivity index (χ3n) is 4.75. The van der Waals surface area contributed by atoms with Crippen LogP contribution in [-0.2, 0) is 16.4 Å². The smallest absolute Gasteiger partial charge is 0.264 e. The second-order valence-corrected chi connectivity index (χ2v) is 8.45. The molecule has 0 fully saturated rings. The van der Waals surface area contributed by atoms with Gasteiger partial charge in [-0.15, -0.1) is 0 Å². The molecule has 144 valence electrons. The van der Waals surface area contributed by atoms with E-state index in [1.807, 2.05) is 6.07 Å². The van der Waals surface area contributed by atoms with Crippen LogP contribution in [0, 0.1) is 6.92 Å². The molecule has 0 bridgehead atoms. The molecule has 1 aromatic heterocycles. The molecular weight excluding hydrogens is 378 g/mol. The van der Waals surface area contributed by atoms with Gasteiger partial charge in [-0.2, -0.15) is 0 Å². The van der Waals surface area contributed by atoms with Gasteiger partial charge in [-0.25, -0.2) is 8.42 Å². The van der Waals surface area contributed by atoms with Crippen LogP contribution in [-0.4, -0.2) is 26.0 Å². The molecule has 0 spiro atoms. The van der Waals surface area contributed by atoms with Crippen molar-refractivity contribution in [2.45, 2.75) is 24.7 Å². The van der Waals surface area contributed by atoms with Crippen LogP contribution >= 0.6 is 0 Å². The quantitative estimate of drug-likeness (QED) is 0.729. The maximum absolute atomic E-state index is 13.1. The van der Waals surface area contributed by atoms with E-state index in [0.717, 1.165) is 18.4 Å². The van der Waals surface area contributed by atoms with Crippen molar-refractivity contribution in [3.63, 3.8) is 0 Å². The fourth-order valence-electron chi connectivity index (χ4n) is 3.30. The van der Waals surface area contributed by atoms with E-state index < -0.39 is 10.0 Å². The number of nitrogens with zero attached hydrogens (tertiary/aromatic N) is 2. The zero-order chi connectivity index (χ0) is 19.7. The normalized spacial score (nSPS) is 13.8. The summed E-state index contributed by atoms with van der Waals surface area (Å²) < 4.78 is 32.6. The minimum Gasteiger partial charge on any atom is -0.361 e. The number of benzene rings is 2. The van der Waals surface area contributed by atoms with Gasteiger partial charge in [0, 0.05) is 12.2 Å². The van der Waals surface area contributed by atoms with Gasteiger partial charge in [0.15, 0.2) is 0 Å². The number of aromatic nitrogens is 1. The molecule has 0 atom stereocenters. The van der Waals surface area contributed by atoms with Gasteiger partial charge in [0.05, 0.1) is 16.8 Å². The molecule has 0 saturated carbocycles. The van der Waals surface area contributed by atoms with Crippen molar-refractivity contribution in [2.75, 3.05) is 16.2 Å². The third kappa shape index (κ3) is 3.27. The molecule has 1 aliphatic heterocycles. The monoisotopic (exact) mass is 397 g/mol. The van der Waals surface area contributed by atoms with Gasteiger partial charge >= 0.3 is 0 Å². The molecule has 1 aliphatic rings. The number of rotatable bonds is 4. The Hall–Kier alpha value is -3.13. The number of carbonyl (C=O) groups excluding carboxylic acids is 1. The second-order valence-electron chi connectivity index (χ2n) is 6.59.